The average Bonchev–Trinajstić information content (AvgIpc) is 3.58. The number of nitrogens with zero attached hydrogens (tertiary/aromatic N) is 3. The van der Waals surface area contributed by atoms with Crippen molar-refractivity contribution in [2.24, 2.45) is 0 Å². The van der Waals surface area contributed by atoms with Gasteiger partial charge in [0.1, 0.15) is 0 Å². The van der Waals surface area contributed by atoms with Crippen molar-refractivity contribution in [3.05, 3.63) is 235 Å². The van der Waals surface area contributed by atoms with Gasteiger partial charge in [-0.25, -0.2) is 15.0 Å². The fraction of sp³-hybridized carbons (Fsp3) is 0.0185. The second-order valence-corrected chi connectivity index (χ2v) is 14.8. The van der Waals surface area contributed by atoms with Gasteiger partial charge in [-0.2, -0.15) is 0 Å². The van der Waals surface area contributed by atoms with Gasteiger partial charge in [-0.1, -0.05) is 194 Å². The van der Waals surface area contributed by atoms with Gasteiger partial charge < -0.3 is 0 Å². The van der Waals surface area contributed by atoms with Gasteiger partial charge in [-0.15, -0.1) is 0 Å². The van der Waals surface area contributed by atoms with Crippen LogP contribution in [0.4, 0.5) is 0 Å². The molecule has 0 bridgehead atoms. The third-order valence-electron chi connectivity index (χ3n) is 11.6. The van der Waals surface area contributed by atoms with Crippen LogP contribution in [-0.4, -0.2) is 15.0 Å². The molecule has 3 heteroatoms. The van der Waals surface area contributed by atoms with E-state index in [-0.39, 0.29) is 0 Å². The zero-order valence-corrected chi connectivity index (χ0v) is 31.0. The highest BCUT2D eigenvalue weighted by Gasteiger charge is 2.46. The number of hydrogen-bond donors (Lipinski definition) is 0. The van der Waals surface area contributed by atoms with E-state index in [1.165, 1.54) is 49.7 Å². The Morgan fingerprint density at radius 3 is 1.47 bits per heavy atom. The second kappa shape index (κ2) is 13.4. The molecule has 0 aliphatic heterocycles. The van der Waals surface area contributed by atoms with E-state index in [0.29, 0.717) is 17.5 Å². The van der Waals surface area contributed by atoms with Gasteiger partial charge in [0.15, 0.2) is 17.5 Å². The Labute approximate surface area is 331 Å². The van der Waals surface area contributed by atoms with Crippen LogP contribution >= 0.6 is 0 Å². The number of aromatic nitrogens is 3. The first-order valence-corrected chi connectivity index (χ1v) is 19.4. The Hall–Kier alpha value is -7.49. The summed E-state index contributed by atoms with van der Waals surface area (Å²) >= 11 is 0. The quantitative estimate of drug-likeness (QED) is 0.171. The van der Waals surface area contributed by atoms with Crippen molar-refractivity contribution in [2.75, 3.05) is 0 Å². The van der Waals surface area contributed by atoms with E-state index in [2.05, 4.69) is 206 Å². The summed E-state index contributed by atoms with van der Waals surface area (Å²) in [4.78, 5) is 15.7. The minimum absolute atomic E-state index is 0.519. The molecular formula is C54H35N3. The largest absolute Gasteiger partial charge is 0.208 e. The molecule has 0 spiro atoms. The number of benzene rings is 9. The van der Waals surface area contributed by atoms with Crippen LogP contribution in [0.25, 0.3) is 78.0 Å². The highest BCUT2D eigenvalue weighted by Crippen LogP contribution is 2.57. The predicted octanol–water partition coefficient (Wildman–Crippen LogP) is 13.2. The van der Waals surface area contributed by atoms with Gasteiger partial charge in [0, 0.05) is 16.7 Å². The van der Waals surface area contributed by atoms with Gasteiger partial charge in [0.2, 0.25) is 0 Å². The van der Waals surface area contributed by atoms with Crippen LogP contribution in [0.15, 0.2) is 212 Å². The lowest BCUT2D eigenvalue weighted by molar-refractivity contribution is 0.769. The molecule has 3 nitrogen and oxygen atoms in total. The molecule has 10 aromatic rings. The monoisotopic (exact) mass is 725 g/mol. The Kier molecular flexibility index (Phi) is 7.71. The first-order chi connectivity index (χ1) is 28.2. The van der Waals surface area contributed by atoms with E-state index in [4.69, 9.17) is 15.0 Å². The van der Waals surface area contributed by atoms with Crippen LogP contribution in [0.3, 0.4) is 0 Å². The fourth-order valence-corrected chi connectivity index (χ4v) is 8.93. The second-order valence-electron chi connectivity index (χ2n) is 14.8. The summed E-state index contributed by atoms with van der Waals surface area (Å²) in [7, 11) is 0. The Balaban J connectivity index is 1.15. The van der Waals surface area contributed by atoms with E-state index in [1.807, 2.05) is 6.07 Å². The molecule has 11 rings (SSSR count). The van der Waals surface area contributed by atoms with Gasteiger partial charge >= 0.3 is 0 Å². The maximum absolute atomic E-state index is 5.28. The van der Waals surface area contributed by atoms with Crippen molar-refractivity contribution < 1.29 is 0 Å². The maximum Gasteiger partial charge on any atom is 0.164 e. The third-order valence-corrected chi connectivity index (χ3v) is 11.6. The van der Waals surface area contributed by atoms with E-state index >= 15 is 0 Å². The van der Waals surface area contributed by atoms with Crippen LogP contribution in [0.5, 0.6) is 0 Å². The summed E-state index contributed by atoms with van der Waals surface area (Å²) in [5.74, 6) is 1.92. The van der Waals surface area contributed by atoms with Crippen LogP contribution in [-0.2, 0) is 5.41 Å². The van der Waals surface area contributed by atoms with Crippen molar-refractivity contribution in [3.63, 3.8) is 0 Å². The summed E-state index contributed by atoms with van der Waals surface area (Å²) in [6.45, 7) is 0. The molecule has 0 saturated heterocycles. The summed E-state index contributed by atoms with van der Waals surface area (Å²) in [5, 5.41) is 4.68. The number of fused-ring (bicyclic) bond motifs is 5. The molecule has 9 aromatic carbocycles. The zero-order chi connectivity index (χ0) is 37.8. The summed E-state index contributed by atoms with van der Waals surface area (Å²) in [6.07, 6.45) is 0. The van der Waals surface area contributed by atoms with Crippen LogP contribution < -0.4 is 0 Å². The molecule has 0 N–H and O–H groups in total. The van der Waals surface area contributed by atoms with Crippen LogP contribution in [0.1, 0.15) is 22.3 Å². The summed E-state index contributed by atoms with van der Waals surface area (Å²) in [6, 6.07) is 75.9. The Bertz CT molecular complexity index is 3060. The molecule has 1 heterocycles. The minimum Gasteiger partial charge on any atom is -0.208 e. The first-order valence-electron chi connectivity index (χ1n) is 19.4. The van der Waals surface area contributed by atoms with Gasteiger partial charge in [-0.3, -0.25) is 0 Å². The molecular weight excluding hydrogens is 691 g/mol. The molecule has 0 atom stereocenters. The lowest BCUT2D eigenvalue weighted by Crippen LogP contribution is -2.28. The zero-order valence-electron chi connectivity index (χ0n) is 31.0. The SMILES string of the molecule is c1ccc(-c2ccc(-c3nc(-c4ccc5c(c4)-c4cc6ccccc6cc4C5(c4ccccc4)c4ccccc4)nc(-c4cccc5ccccc45)n3)cc2)cc1. The maximum atomic E-state index is 5.28. The van der Waals surface area contributed by atoms with Crippen molar-refractivity contribution in [1.29, 1.82) is 0 Å². The van der Waals surface area contributed by atoms with E-state index in [9.17, 15) is 0 Å². The van der Waals surface area contributed by atoms with E-state index in [1.54, 1.807) is 0 Å². The lowest BCUT2D eigenvalue weighted by atomic mass is 9.67. The Morgan fingerprint density at radius 1 is 0.281 bits per heavy atom. The van der Waals surface area contributed by atoms with Gasteiger partial charge in [-0.05, 0) is 84.3 Å². The predicted molar refractivity (Wildman–Crippen MR) is 234 cm³/mol. The summed E-state index contributed by atoms with van der Waals surface area (Å²) < 4.78 is 0. The van der Waals surface area contributed by atoms with Crippen LogP contribution in [0, 0.1) is 0 Å². The standard InChI is InChI=1S/C54H35N3/c1-4-15-36(16-5-1)37-27-29-39(30-28-37)51-55-52(57-53(56-51)46-26-14-20-38-17-12-13-25-45(38)46)42-31-32-49-47(34-42)48-33-40-18-10-11-19-41(40)35-50(48)54(49,43-21-6-2-7-22-43)44-23-8-3-9-24-44/h1-35H. The normalized spacial score (nSPS) is 12.7. The highest BCUT2D eigenvalue weighted by molar-refractivity contribution is 5.98. The van der Waals surface area contributed by atoms with E-state index < -0.39 is 5.41 Å². The molecule has 0 amide bonds. The van der Waals surface area contributed by atoms with Crippen molar-refractivity contribution in [2.45, 2.75) is 5.41 Å². The van der Waals surface area contributed by atoms with E-state index in [0.717, 1.165) is 33.0 Å². The number of rotatable bonds is 6. The van der Waals surface area contributed by atoms with Crippen molar-refractivity contribution >= 4 is 21.5 Å². The molecule has 57 heavy (non-hydrogen) atoms. The van der Waals surface area contributed by atoms with Gasteiger partial charge in [0.05, 0.1) is 5.41 Å². The lowest BCUT2D eigenvalue weighted by Gasteiger charge is -2.34. The molecule has 0 radical (unpaired) electrons. The smallest absolute Gasteiger partial charge is 0.164 e. The van der Waals surface area contributed by atoms with Gasteiger partial charge in [0.25, 0.3) is 0 Å². The molecule has 0 saturated carbocycles. The molecule has 1 aromatic heterocycles. The number of hydrogen-bond acceptors (Lipinski definition) is 3. The minimum atomic E-state index is -0.519. The molecule has 1 aliphatic rings. The third kappa shape index (κ3) is 5.39. The average molecular weight is 726 g/mol. The molecule has 1 aliphatic carbocycles. The molecule has 0 unspecified atom stereocenters. The first kappa shape index (κ1) is 32.9. The fourth-order valence-electron chi connectivity index (χ4n) is 8.93. The highest BCUT2D eigenvalue weighted by atomic mass is 15.0. The van der Waals surface area contributed by atoms with Crippen molar-refractivity contribution in [1.82, 2.24) is 15.0 Å². The topological polar surface area (TPSA) is 38.7 Å². The molecule has 0 fully saturated rings. The summed E-state index contributed by atoms with van der Waals surface area (Å²) in [5.41, 5.74) is 12.0. The van der Waals surface area contributed by atoms with Crippen molar-refractivity contribution in [3.8, 4) is 56.4 Å². The van der Waals surface area contributed by atoms with Crippen LogP contribution in [0.2, 0.25) is 0 Å². The molecule has 266 valence electrons. The Morgan fingerprint density at radius 2 is 0.772 bits per heavy atom.